The lowest BCUT2D eigenvalue weighted by Crippen LogP contribution is -2.46. The highest BCUT2D eigenvalue weighted by Crippen LogP contribution is 2.22. The van der Waals surface area contributed by atoms with E-state index >= 15 is 0 Å². The Balaban J connectivity index is 1.82. The standard InChI is InChI=1S/C14H29N3O2S/c1-2-14-4-3-8-17(9-5-14)20(18,19)13-12-16-10-6-15-7-11-16/h14-15H,2-13H2,1H3. The van der Waals surface area contributed by atoms with Gasteiger partial charge in [0.15, 0.2) is 0 Å². The summed E-state index contributed by atoms with van der Waals surface area (Å²) in [6, 6.07) is 0. The van der Waals surface area contributed by atoms with E-state index in [0.717, 1.165) is 52.1 Å². The Bertz CT molecular complexity index is 380. The second-order valence-corrected chi connectivity index (χ2v) is 8.10. The van der Waals surface area contributed by atoms with Gasteiger partial charge in [0.2, 0.25) is 10.0 Å². The van der Waals surface area contributed by atoms with E-state index in [2.05, 4.69) is 17.1 Å². The number of hydrogen-bond donors (Lipinski definition) is 1. The van der Waals surface area contributed by atoms with Gasteiger partial charge < -0.3 is 5.32 Å². The van der Waals surface area contributed by atoms with Gasteiger partial charge in [0, 0.05) is 45.8 Å². The number of rotatable bonds is 5. The average molecular weight is 303 g/mol. The highest BCUT2D eigenvalue weighted by atomic mass is 32.2. The van der Waals surface area contributed by atoms with Gasteiger partial charge >= 0.3 is 0 Å². The van der Waals surface area contributed by atoms with Crippen LogP contribution in [0.1, 0.15) is 32.6 Å². The molecule has 2 aliphatic rings. The maximum Gasteiger partial charge on any atom is 0.215 e. The second-order valence-electron chi connectivity index (χ2n) is 6.01. The van der Waals surface area contributed by atoms with Crippen molar-refractivity contribution in [3.05, 3.63) is 0 Å². The summed E-state index contributed by atoms with van der Waals surface area (Å²) >= 11 is 0. The molecule has 0 spiro atoms. The number of nitrogens with one attached hydrogen (secondary N) is 1. The molecule has 2 saturated heterocycles. The first kappa shape index (κ1) is 16.2. The molecule has 0 aromatic heterocycles. The monoisotopic (exact) mass is 303 g/mol. The van der Waals surface area contributed by atoms with Crippen molar-refractivity contribution >= 4 is 10.0 Å². The van der Waals surface area contributed by atoms with Gasteiger partial charge in [0.25, 0.3) is 0 Å². The Hall–Kier alpha value is -0.170. The van der Waals surface area contributed by atoms with Crippen molar-refractivity contribution < 1.29 is 8.42 Å². The van der Waals surface area contributed by atoms with E-state index in [-0.39, 0.29) is 5.75 Å². The van der Waals surface area contributed by atoms with E-state index in [0.29, 0.717) is 12.5 Å². The highest BCUT2D eigenvalue weighted by molar-refractivity contribution is 7.89. The summed E-state index contributed by atoms with van der Waals surface area (Å²) in [6.07, 6.45) is 4.41. The van der Waals surface area contributed by atoms with Crippen LogP contribution in [0, 0.1) is 5.92 Å². The Kier molecular flexibility index (Phi) is 6.26. The summed E-state index contributed by atoms with van der Waals surface area (Å²) < 4.78 is 26.7. The largest absolute Gasteiger partial charge is 0.314 e. The van der Waals surface area contributed by atoms with E-state index in [1.807, 2.05) is 0 Å². The third-order valence-corrected chi connectivity index (χ3v) is 6.50. The van der Waals surface area contributed by atoms with Crippen LogP contribution in [0.15, 0.2) is 0 Å². The molecule has 0 saturated carbocycles. The molecule has 118 valence electrons. The molecule has 0 aromatic carbocycles. The molecule has 6 heteroatoms. The average Bonchev–Trinajstić information content (AvgIpc) is 2.72. The zero-order valence-corrected chi connectivity index (χ0v) is 13.5. The first-order valence-electron chi connectivity index (χ1n) is 8.02. The van der Waals surface area contributed by atoms with Crippen molar-refractivity contribution in [2.24, 2.45) is 5.92 Å². The zero-order valence-electron chi connectivity index (χ0n) is 12.7. The maximum atomic E-state index is 12.5. The van der Waals surface area contributed by atoms with Crippen molar-refractivity contribution in [2.45, 2.75) is 32.6 Å². The molecule has 0 radical (unpaired) electrons. The van der Waals surface area contributed by atoms with Gasteiger partial charge in [-0.15, -0.1) is 0 Å². The van der Waals surface area contributed by atoms with Gasteiger partial charge in [-0.1, -0.05) is 13.3 Å². The molecular formula is C14H29N3O2S. The third kappa shape index (κ3) is 4.69. The van der Waals surface area contributed by atoms with Gasteiger partial charge in [-0.3, -0.25) is 4.90 Å². The molecule has 1 atom stereocenters. The molecule has 5 nitrogen and oxygen atoms in total. The Morgan fingerprint density at radius 2 is 1.85 bits per heavy atom. The van der Waals surface area contributed by atoms with Crippen LogP contribution in [-0.2, 0) is 10.0 Å². The first-order valence-corrected chi connectivity index (χ1v) is 9.63. The van der Waals surface area contributed by atoms with Crippen molar-refractivity contribution in [3.63, 3.8) is 0 Å². The van der Waals surface area contributed by atoms with Crippen LogP contribution in [0.25, 0.3) is 0 Å². The van der Waals surface area contributed by atoms with Crippen molar-refractivity contribution in [3.8, 4) is 0 Å². The summed E-state index contributed by atoms with van der Waals surface area (Å²) in [5.41, 5.74) is 0. The normalized spacial score (nSPS) is 27.4. The molecule has 0 amide bonds. The molecule has 2 aliphatic heterocycles. The molecular weight excluding hydrogens is 274 g/mol. The highest BCUT2D eigenvalue weighted by Gasteiger charge is 2.26. The van der Waals surface area contributed by atoms with E-state index in [4.69, 9.17) is 0 Å². The molecule has 0 aliphatic carbocycles. The van der Waals surface area contributed by atoms with E-state index in [1.54, 1.807) is 4.31 Å². The van der Waals surface area contributed by atoms with Crippen molar-refractivity contribution in [1.82, 2.24) is 14.5 Å². The van der Waals surface area contributed by atoms with Gasteiger partial charge in [0.1, 0.15) is 0 Å². The summed E-state index contributed by atoms with van der Waals surface area (Å²) in [6.45, 7) is 8.21. The van der Waals surface area contributed by atoms with Crippen molar-refractivity contribution in [2.75, 3.05) is 51.6 Å². The number of piperazine rings is 1. The lowest BCUT2D eigenvalue weighted by molar-refractivity contribution is 0.252. The van der Waals surface area contributed by atoms with Gasteiger partial charge in [-0.25, -0.2) is 12.7 Å². The fourth-order valence-electron chi connectivity index (χ4n) is 3.13. The van der Waals surface area contributed by atoms with Crippen LogP contribution < -0.4 is 5.32 Å². The SMILES string of the molecule is CCC1CCCN(S(=O)(=O)CCN2CCNCC2)CC1. The molecule has 0 bridgehead atoms. The molecule has 0 aromatic rings. The second kappa shape index (κ2) is 7.73. The van der Waals surface area contributed by atoms with E-state index in [1.165, 1.54) is 12.8 Å². The predicted molar refractivity (Wildman–Crippen MR) is 82.3 cm³/mol. The maximum absolute atomic E-state index is 12.5. The summed E-state index contributed by atoms with van der Waals surface area (Å²) in [4.78, 5) is 2.25. The molecule has 1 unspecified atom stereocenters. The van der Waals surface area contributed by atoms with Gasteiger partial charge in [-0.2, -0.15) is 0 Å². The topological polar surface area (TPSA) is 52.7 Å². The minimum Gasteiger partial charge on any atom is -0.314 e. The molecule has 20 heavy (non-hydrogen) atoms. The molecule has 2 fully saturated rings. The molecule has 1 N–H and O–H groups in total. The molecule has 2 rings (SSSR count). The Labute approximate surface area is 123 Å². The van der Waals surface area contributed by atoms with E-state index in [9.17, 15) is 8.42 Å². The van der Waals surface area contributed by atoms with Crippen LogP contribution in [-0.4, -0.2) is 69.2 Å². The summed E-state index contributed by atoms with van der Waals surface area (Å²) in [5, 5.41) is 3.29. The smallest absolute Gasteiger partial charge is 0.215 e. The Morgan fingerprint density at radius 1 is 1.10 bits per heavy atom. The minimum atomic E-state index is -3.07. The van der Waals surface area contributed by atoms with Crippen LogP contribution in [0.3, 0.4) is 0 Å². The van der Waals surface area contributed by atoms with Crippen LogP contribution >= 0.6 is 0 Å². The summed E-state index contributed by atoms with van der Waals surface area (Å²) in [5.74, 6) is 0.993. The lowest BCUT2D eigenvalue weighted by Gasteiger charge is -2.28. The van der Waals surface area contributed by atoms with E-state index < -0.39 is 10.0 Å². The fourth-order valence-corrected chi connectivity index (χ4v) is 4.67. The fraction of sp³-hybridized carbons (Fsp3) is 1.00. The quantitative estimate of drug-likeness (QED) is 0.814. The lowest BCUT2D eigenvalue weighted by atomic mass is 9.98. The van der Waals surface area contributed by atoms with Crippen LogP contribution in [0.2, 0.25) is 0 Å². The Morgan fingerprint density at radius 3 is 2.55 bits per heavy atom. The van der Waals surface area contributed by atoms with Gasteiger partial charge in [0.05, 0.1) is 5.75 Å². The third-order valence-electron chi connectivity index (χ3n) is 4.65. The number of hydrogen-bond acceptors (Lipinski definition) is 4. The zero-order chi connectivity index (χ0) is 14.4. The summed E-state index contributed by atoms with van der Waals surface area (Å²) in [7, 11) is -3.07. The molecule has 2 heterocycles. The van der Waals surface area contributed by atoms with Crippen LogP contribution in [0.4, 0.5) is 0 Å². The van der Waals surface area contributed by atoms with Gasteiger partial charge in [-0.05, 0) is 25.2 Å². The van der Waals surface area contributed by atoms with Crippen molar-refractivity contribution in [1.29, 1.82) is 0 Å². The minimum absolute atomic E-state index is 0.282. The predicted octanol–water partition coefficient (Wildman–Crippen LogP) is 0.734. The number of sulfonamides is 1. The first-order chi connectivity index (χ1) is 9.62. The van der Waals surface area contributed by atoms with Crippen LogP contribution in [0.5, 0.6) is 0 Å². The number of nitrogens with zero attached hydrogens (tertiary/aromatic N) is 2.